The third-order valence-corrected chi connectivity index (χ3v) is 3.69. The van der Waals surface area contributed by atoms with E-state index in [-0.39, 0.29) is 6.42 Å². The van der Waals surface area contributed by atoms with Crippen LogP contribution in [0.25, 0.3) is 0 Å². The zero-order valence-corrected chi connectivity index (χ0v) is 11.6. The predicted molar refractivity (Wildman–Crippen MR) is 70.6 cm³/mol. The first kappa shape index (κ1) is 16.9. The van der Waals surface area contributed by atoms with Crippen molar-refractivity contribution in [2.45, 2.75) is 71.6 Å². The highest BCUT2D eigenvalue weighted by atomic mass is 16.4. The van der Waals surface area contributed by atoms with Crippen molar-refractivity contribution in [3.05, 3.63) is 0 Å². The number of carboxylic acids is 2. The van der Waals surface area contributed by atoms with Crippen molar-refractivity contribution < 1.29 is 19.8 Å². The Hall–Kier alpha value is -1.06. The molecule has 18 heavy (non-hydrogen) atoms. The summed E-state index contributed by atoms with van der Waals surface area (Å²) in [6.07, 6.45) is 6.46. The minimum absolute atomic E-state index is 0.0595. The Morgan fingerprint density at radius 2 is 1.56 bits per heavy atom. The average molecular weight is 258 g/mol. The number of rotatable bonds is 11. The monoisotopic (exact) mass is 258 g/mol. The molecule has 0 fully saturated rings. The molecule has 0 rings (SSSR count). The van der Waals surface area contributed by atoms with E-state index in [9.17, 15) is 14.7 Å². The molecule has 0 amide bonds. The summed E-state index contributed by atoms with van der Waals surface area (Å²) in [5.41, 5.74) is -0.719. The van der Waals surface area contributed by atoms with Crippen molar-refractivity contribution in [3.63, 3.8) is 0 Å². The first-order valence-corrected chi connectivity index (χ1v) is 6.93. The minimum atomic E-state index is -0.851. The fraction of sp³-hybridized carbons (Fsp3) is 0.857. The molecular formula is C14H26O4. The number of aliphatic carboxylic acids is 2. The molecule has 1 unspecified atom stereocenters. The van der Waals surface area contributed by atoms with Gasteiger partial charge in [0.2, 0.25) is 0 Å². The molecule has 0 saturated heterocycles. The molecule has 0 saturated carbocycles. The smallest absolute Gasteiger partial charge is 0.309 e. The van der Waals surface area contributed by atoms with Crippen molar-refractivity contribution in [2.24, 2.45) is 5.41 Å². The summed E-state index contributed by atoms with van der Waals surface area (Å²) in [5.74, 6) is -1.62. The van der Waals surface area contributed by atoms with Crippen LogP contribution in [0, 0.1) is 5.41 Å². The van der Waals surface area contributed by atoms with Gasteiger partial charge in [-0.2, -0.15) is 0 Å². The highest BCUT2D eigenvalue weighted by molar-refractivity contribution is 5.74. The fourth-order valence-corrected chi connectivity index (χ4v) is 2.31. The highest BCUT2D eigenvalue weighted by Gasteiger charge is 2.35. The van der Waals surface area contributed by atoms with Gasteiger partial charge in [-0.25, -0.2) is 0 Å². The summed E-state index contributed by atoms with van der Waals surface area (Å²) in [7, 11) is 0. The lowest BCUT2D eigenvalue weighted by Crippen LogP contribution is -2.30. The molecule has 0 spiro atoms. The predicted octanol–water partition coefficient (Wildman–Crippen LogP) is 3.69. The summed E-state index contributed by atoms with van der Waals surface area (Å²) in [6, 6.07) is 0. The Bertz CT molecular complexity index is 263. The van der Waals surface area contributed by atoms with Crippen LogP contribution in [-0.4, -0.2) is 22.2 Å². The van der Waals surface area contributed by atoms with Crippen LogP contribution in [0.3, 0.4) is 0 Å². The molecule has 0 aliphatic heterocycles. The second kappa shape index (κ2) is 8.95. The van der Waals surface area contributed by atoms with Crippen molar-refractivity contribution in [1.29, 1.82) is 0 Å². The lowest BCUT2D eigenvalue weighted by atomic mass is 9.76. The van der Waals surface area contributed by atoms with Gasteiger partial charge in [0.15, 0.2) is 0 Å². The van der Waals surface area contributed by atoms with Gasteiger partial charge < -0.3 is 10.2 Å². The maximum atomic E-state index is 11.4. The Kier molecular flexibility index (Phi) is 8.42. The Labute approximate surface area is 109 Å². The normalized spacial score (nSPS) is 14.1. The Morgan fingerprint density at radius 1 is 0.944 bits per heavy atom. The van der Waals surface area contributed by atoms with Gasteiger partial charge in [0, 0.05) is 6.42 Å². The van der Waals surface area contributed by atoms with E-state index in [0.717, 1.165) is 25.7 Å². The van der Waals surface area contributed by atoms with Crippen LogP contribution in [0.4, 0.5) is 0 Å². The topological polar surface area (TPSA) is 74.6 Å². The van der Waals surface area contributed by atoms with E-state index in [1.165, 1.54) is 0 Å². The molecule has 2 N–H and O–H groups in total. The number of carbonyl (C=O) groups is 2. The highest BCUT2D eigenvalue weighted by Crippen LogP contribution is 2.35. The molecule has 0 aliphatic rings. The zero-order chi connectivity index (χ0) is 14.0. The lowest BCUT2D eigenvalue weighted by molar-refractivity contribution is -0.151. The van der Waals surface area contributed by atoms with Crippen LogP contribution in [0.2, 0.25) is 0 Å². The van der Waals surface area contributed by atoms with Gasteiger partial charge in [0.25, 0.3) is 0 Å². The van der Waals surface area contributed by atoms with Gasteiger partial charge in [-0.05, 0) is 25.7 Å². The van der Waals surface area contributed by atoms with Crippen LogP contribution < -0.4 is 0 Å². The maximum Gasteiger partial charge on any atom is 0.309 e. The van der Waals surface area contributed by atoms with E-state index >= 15 is 0 Å². The SMILES string of the molecule is CCCCCCC(CC)(CCCC(=O)O)C(=O)O. The van der Waals surface area contributed by atoms with Crippen LogP contribution in [0.1, 0.15) is 71.6 Å². The molecule has 0 aromatic heterocycles. The number of carboxylic acid groups (broad SMARTS) is 2. The van der Waals surface area contributed by atoms with Crippen molar-refractivity contribution in [1.82, 2.24) is 0 Å². The fourth-order valence-electron chi connectivity index (χ4n) is 2.31. The molecule has 0 aromatic rings. The molecule has 106 valence electrons. The number of unbranched alkanes of at least 4 members (excludes halogenated alkanes) is 3. The maximum absolute atomic E-state index is 11.4. The average Bonchev–Trinajstić information content (AvgIpc) is 2.31. The second-order valence-corrected chi connectivity index (χ2v) is 5.00. The lowest BCUT2D eigenvalue weighted by Gasteiger charge is -2.28. The van der Waals surface area contributed by atoms with Gasteiger partial charge in [0.1, 0.15) is 0 Å². The van der Waals surface area contributed by atoms with Gasteiger partial charge in [0.05, 0.1) is 5.41 Å². The summed E-state index contributed by atoms with van der Waals surface area (Å²) >= 11 is 0. The van der Waals surface area contributed by atoms with E-state index in [2.05, 4.69) is 6.92 Å². The van der Waals surface area contributed by atoms with Gasteiger partial charge in [-0.15, -0.1) is 0 Å². The molecule has 1 atom stereocenters. The minimum Gasteiger partial charge on any atom is -0.481 e. The van der Waals surface area contributed by atoms with Crippen LogP contribution in [0.15, 0.2) is 0 Å². The molecule has 4 heteroatoms. The molecule has 0 radical (unpaired) electrons. The van der Waals surface area contributed by atoms with Gasteiger partial charge >= 0.3 is 11.9 Å². The van der Waals surface area contributed by atoms with E-state index in [0.29, 0.717) is 25.7 Å². The third kappa shape index (κ3) is 6.03. The van der Waals surface area contributed by atoms with E-state index in [4.69, 9.17) is 5.11 Å². The molecule has 4 nitrogen and oxygen atoms in total. The first-order valence-electron chi connectivity index (χ1n) is 6.93. The van der Waals surface area contributed by atoms with Crippen LogP contribution >= 0.6 is 0 Å². The molecule has 0 aliphatic carbocycles. The number of hydrogen-bond donors (Lipinski definition) is 2. The summed E-state index contributed by atoms with van der Waals surface area (Å²) in [6.45, 7) is 4.01. The summed E-state index contributed by atoms with van der Waals surface area (Å²) in [4.78, 5) is 21.9. The van der Waals surface area contributed by atoms with Crippen molar-refractivity contribution in [3.8, 4) is 0 Å². The zero-order valence-electron chi connectivity index (χ0n) is 11.6. The van der Waals surface area contributed by atoms with E-state index in [1.807, 2.05) is 6.92 Å². The summed E-state index contributed by atoms with van der Waals surface area (Å²) in [5, 5.41) is 18.0. The van der Waals surface area contributed by atoms with Gasteiger partial charge in [-0.3, -0.25) is 9.59 Å². The standard InChI is InChI=1S/C14H26O4/c1-3-5-6-7-10-14(4-2,13(17)18)11-8-9-12(15)16/h3-11H2,1-2H3,(H,15,16)(H,17,18). The van der Waals surface area contributed by atoms with Gasteiger partial charge in [-0.1, -0.05) is 39.5 Å². The van der Waals surface area contributed by atoms with Crippen LogP contribution in [0.5, 0.6) is 0 Å². The summed E-state index contributed by atoms with van der Waals surface area (Å²) < 4.78 is 0. The van der Waals surface area contributed by atoms with Crippen molar-refractivity contribution >= 4 is 11.9 Å². The molecule has 0 aromatic carbocycles. The first-order chi connectivity index (χ1) is 8.48. The molecule has 0 bridgehead atoms. The van der Waals surface area contributed by atoms with E-state index < -0.39 is 17.4 Å². The molecule has 0 heterocycles. The van der Waals surface area contributed by atoms with E-state index in [1.54, 1.807) is 0 Å². The Balaban J connectivity index is 4.32. The number of hydrogen-bond acceptors (Lipinski definition) is 2. The van der Waals surface area contributed by atoms with Crippen LogP contribution in [-0.2, 0) is 9.59 Å². The largest absolute Gasteiger partial charge is 0.481 e. The quantitative estimate of drug-likeness (QED) is 0.554. The Morgan fingerprint density at radius 3 is 2.00 bits per heavy atom. The third-order valence-electron chi connectivity index (χ3n) is 3.69. The second-order valence-electron chi connectivity index (χ2n) is 5.00. The van der Waals surface area contributed by atoms with Crippen molar-refractivity contribution in [2.75, 3.05) is 0 Å². The molecular weight excluding hydrogens is 232 g/mol.